The number of halogens is 2. The molecule has 5 nitrogen and oxygen atoms in total. The summed E-state index contributed by atoms with van der Waals surface area (Å²) in [7, 11) is 0. The van der Waals surface area contributed by atoms with Crippen molar-refractivity contribution in [3.63, 3.8) is 0 Å². The predicted molar refractivity (Wildman–Crippen MR) is 99.9 cm³/mol. The molecule has 2 atom stereocenters. The molecule has 28 heavy (non-hydrogen) atoms. The van der Waals surface area contributed by atoms with E-state index in [0.29, 0.717) is 12.1 Å². The number of aromatic nitrogens is 2. The Morgan fingerprint density at radius 2 is 2.11 bits per heavy atom. The summed E-state index contributed by atoms with van der Waals surface area (Å²) >= 11 is 0. The van der Waals surface area contributed by atoms with Crippen LogP contribution in [-0.4, -0.2) is 32.7 Å². The van der Waals surface area contributed by atoms with Crippen LogP contribution in [0.1, 0.15) is 56.8 Å². The molecule has 0 aliphatic heterocycles. The van der Waals surface area contributed by atoms with Crippen LogP contribution in [0.3, 0.4) is 0 Å². The molecular weight excluding hydrogens is 366 g/mol. The van der Waals surface area contributed by atoms with Gasteiger partial charge < -0.3 is 14.4 Å². The Labute approximate surface area is 163 Å². The number of ether oxygens (including phenoxy) is 1. The average Bonchev–Trinajstić information content (AvgIpc) is 3.26. The molecule has 0 amide bonds. The molecule has 1 aromatic carbocycles. The third kappa shape index (κ3) is 4.41. The highest BCUT2D eigenvalue weighted by molar-refractivity contribution is 5.81. The number of hydrogen-bond donors (Lipinski definition) is 1. The SMILES string of the molecule is CC(C)c1nccn1CC[C@](O)(C(=O)O[C@H]1CCC(F)(F)C1)c1ccccc1. The van der Waals surface area contributed by atoms with E-state index in [2.05, 4.69) is 4.98 Å². The first-order valence-electron chi connectivity index (χ1n) is 9.59. The molecule has 1 aliphatic rings. The third-order valence-corrected chi connectivity index (χ3v) is 5.20. The minimum Gasteiger partial charge on any atom is -0.460 e. The Hall–Kier alpha value is -2.28. The zero-order chi connectivity index (χ0) is 20.4. The number of hydrogen-bond acceptors (Lipinski definition) is 4. The minimum atomic E-state index is -2.82. The maximum Gasteiger partial charge on any atom is 0.343 e. The van der Waals surface area contributed by atoms with E-state index in [9.17, 15) is 18.7 Å². The zero-order valence-corrected chi connectivity index (χ0v) is 16.1. The van der Waals surface area contributed by atoms with Crippen molar-refractivity contribution in [1.29, 1.82) is 0 Å². The molecule has 0 bridgehead atoms. The Morgan fingerprint density at radius 1 is 1.39 bits per heavy atom. The Balaban J connectivity index is 1.80. The molecule has 152 valence electrons. The van der Waals surface area contributed by atoms with Crippen LogP contribution in [0.25, 0.3) is 0 Å². The summed E-state index contributed by atoms with van der Waals surface area (Å²) in [5.74, 6) is -2.67. The number of carbonyl (C=O) groups is 1. The second-order valence-electron chi connectivity index (χ2n) is 7.74. The molecule has 1 saturated carbocycles. The lowest BCUT2D eigenvalue weighted by molar-refractivity contribution is -0.174. The van der Waals surface area contributed by atoms with Crippen molar-refractivity contribution in [2.45, 2.75) is 69.6 Å². The van der Waals surface area contributed by atoms with Gasteiger partial charge in [0.2, 0.25) is 0 Å². The van der Waals surface area contributed by atoms with Gasteiger partial charge in [-0.15, -0.1) is 0 Å². The maximum atomic E-state index is 13.5. The molecule has 2 aromatic rings. The number of alkyl halides is 2. The molecule has 7 heteroatoms. The Bertz CT molecular complexity index is 807. The number of rotatable bonds is 7. The van der Waals surface area contributed by atoms with Crippen molar-refractivity contribution in [2.24, 2.45) is 0 Å². The highest BCUT2D eigenvalue weighted by Gasteiger charge is 2.45. The van der Waals surface area contributed by atoms with Crippen LogP contribution in [0.2, 0.25) is 0 Å². The number of nitrogens with zero attached hydrogens (tertiary/aromatic N) is 2. The fraction of sp³-hybridized carbons (Fsp3) is 0.524. The monoisotopic (exact) mass is 392 g/mol. The molecule has 0 spiro atoms. The summed E-state index contributed by atoms with van der Waals surface area (Å²) in [6, 6.07) is 8.49. The lowest BCUT2D eigenvalue weighted by Crippen LogP contribution is -2.40. The summed E-state index contributed by atoms with van der Waals surface area (Å²) in [5, 5.41) is 11.3. The number of aryl methyl sites for hydroxylation is 1. The second-order valence-corrected chi connectivity index (χ2v) is 7.74. The van der Waals surface area contributed by atoms with E-state index in [1.54, 1.807) is 42.7 Å². The van der Waals surface area contributed by atoms with Gasteiger partial charge in [0, 0.05) is 44.1 Å². The van der Waals surface area contributed by atoms with Gasteiger partial charge in [0.15, 0.2) is 5.60 Å². The van der Waals surface area contributed by atoms with E-state index < -0.39 is 30.0 Å². The number of imidazole rings is 1. The standard InChI is InChI=1S/C21H26F2N2O3/c1-15(2)18-24-11-13-25(18)12-10-21(27,16-6-4-3-5-7-16)19(26)28-17-8-9-20(22,23)14-17/h3-7,11,13,15,17,27H,8-10,12,14H2,1-2H3/t17-,21+/m0/s1. The molecule has 1 aliphatic carbocycles. The highest BCUT2D eigenvalue weighted by Crippen LogP contribution is 2.38. The summed E-state index contributed by atoms with van der Waals surface area (Å²) in [4.78, 5) is 17.2. The van der Waals surface area contributed by atoms with E-state index in [4.69, 9.17) is 4.74 Å². The largest absolute Gasteiger partial charge is 0.460 e. The number of benzene rings is 1. The zero-order valence-electron chi connectivity index (χ0n) is 16.1. The Morgan fingerprint density at radius 3 is 2.71 bits per heavy atom. The number of carbonyl (C=O) groups excluding carboxylic acids is 1. The van der Waals surface area contributed by atoms with Crippen LogP contribution in [0, 0.1) is 0 Å². The van der Waals surface area contributed by atoms with E-state index in [1.807, 2.05) is 18.4 Å². The maximum absolute atomic E-state index is 13.5. The van der Waals surface area contributed by atoms with Gasteiger partial charge in [-0.25, -0.2) is 18.6 Å². The van der Waals surface area contributed by atoms with Crippen molar-refractivity contribution in [1.82, 2.24) is 9.55 Å². The van der Waals surface area contributed by atoms with E-state index >= 15 is 0 Å². The number of esters is 1. The van der Waals surface area contributed by atoms with Crippen molar-refractivity contribution >= 4 is 5.97 Å². The van der Waals surface area contributed by atoms with Crippen LogP contribution in [-0.2, 0) is 21.7 Å². The smallest absolute Gasteiger partial charge is 0.343 e. The van der Waals surface area contributed by atoms with Crippen LogP contribution >= 0.6 is 0 Å². The number of aliphatic hydroxyl groups is 1. The first-order valence-corrected chi connectivity index (χ1v) is 9.59. The highest BCUT2D eigenvalue weighted by atomic mass is 19.3. The Kier molecular flexibility index (Phi) is 5.84. The second kappa shape index (κ2) is 7.99. The molecule has 1 aromatic heterocycles. The van der Waals surface area contributed by atoms with Gasteiger partial charge in [-0.1, -0.05) is 44.2 Å². The van der Waals surface area contributed by atoms with Gasteiger partial charge in [-0.2, -0.15) is 0 Å². The molecule has 1 heterocycles. The molecule has 0 radical (unpaired) electrons. The van der Waals surface area contributed by atoms with Gasteiger partial charge in [-0.05, 0) is 12.0 Å². The fourth-order valence-electron chi connectivity index (χ4n) is 3.63. The average molecular weight is 392 g/mol. The van der Waals surface area contributed by atoms with Crippen LogP contribution in [0.5, 0.6) is 0 Å². The summed E-state index contributed by atoms with van der Waals surface area (Å²) < 4.78 is 34.1. The van der Waals surface area contributed by atoms with Crippen molar-refractivity contribution in [2.75, 3.05) is 0 Å². The van der Waals surface area contributed by atoms with Gasteiger partial charge in [-0.3, -0.25) is 0 Å². The van der Waals surface area contributed by atoms with Crippen molar-refractivity contribution < 1.29 is 23.4 Å². The summed E-state index contributed by atoms with van der Waals surface area (Å²) in [5.41, 5.74) is -1.53. The molecular formula is C21H26F2N2O3. The van der Waals surface area contributed by atoms with Crippen molar-refractivity contribution in [3.05, 3.63) is 54.1 Å². The minimum absolute atomic E-state index is 0.0506. The molecule has 0 unspecified atom stereocenters. The van der Waals surface area contributed by atoms with Gasteiger partial charge >= 0.3 is 5.97 Å². The van der Waals surface area contributed by atoms with E-state index in [-0.39, 0.29) is 25.2 Å². The normalized spacial score (nSPS) is 20.9. The molecule has 1 N–H and O–H groups in total. The molecule has 0 saturated heterocycles. The van der Waals surface area contributed by atoms with Crippen LogP contribution in [0.4, 0.5) is 8.78 Å². The van der Waals surface area contributed by atoms with E-state index in [0.717, 1.165) is 5.82 Å². The summed E-state index contributed by atoms with van der Waals surface area (Å²) in [6.07, 6.45) is 1.94. The predicted octanol–water partition coefficient (Wildman–Crippen LogP) is 4.02. The van der Waals surface area contributed by atoms with Gasteiger partial charge in [0.25, 0.3) is 5.92 Å². The van der Waals surface area contributed by atoms with Crippen LogP contribution in [0.15, 0.2) is 42.7 Å². The lowest BCUT2D eigenvalue weighted by atomic mass is 9.90. The first-order chi connectivity index (χ1) is 13.2. The summed E-state index contributed by atoms with van der Waals surface area (Å²) in [6.45, 7) is 4.36. The topological polar surface area (TPSA) is 64.3 Å². The molecule has 1 fully saturated rings. The third-order valence-electron chi connectivity index (χ3n) is 5.20. The van der Waals surface area contributed by atoms with Gasteiger partial charge in [0.05, 0.1) is 0 Å². The fourth-order valence-corrected chi connectivity index (χ4v) is 3.63. The van der Waals surface area contributed by atoms with Crippen LogP contribution < -0.4 is 0 Å². The lowest BCUT2D eigenvalue weighted by Gasteiger charge is -2.28. The first kappa shape index (κ1) is 20.5. The van der Waals surface area contributed by atoms with Gasteiger partial charge in [0.1, 0.15) is 11.9 Å². The van der Waals surface area contributed by atoms with Crippen molar-refractivity contribution in [3.8, 4) is 0 Å². The molecule has 3 rings (SSSR count). The quantitative estimate of drug-likeness (QED) is 0.723. The van der Waals surface area contributed by atoms with E-state index in [1.165, 1.54) is 0 Å².